The molecule has 0 saturated heterocycles. The van der Waals surface area contributed by atoms with Gasteiger partial charge in [0.25, 0.3) is 0 Å². The number of rotatable bonds is 7. The standard InChI is InChI=1S/C15H22BrNO3/c1-5-10(2)14(15(18)20-4)17-9-11-8-12(19-3)6-7-13(11)16/h6-8,10,14,17H,5,9H2,1-4H3. The van der Waals surface area contributed by atoms with Gasteiger partial charge in [-0.3, -0.25) is 4.79 Å². The fourth-order valence-electron chi connectivity index (χ4n) is 1.91. The van der Waals surface area contributed by atoms with Crippen molar-refractivity contribution in [3.05, 3.63) is 28.2 Å². The average Bonchev–Trinajstić information content (AvgIpc) is 2.48. The number of carbonyl (C=O) groups excluding carboxylic acids is 1. The van der Waals surface area contributed by atoms with Crippen molar-refractivity contribution in [1.29, 1.82) is 0 Å². The summed E-state index contributed by atoms with van der Waals surface area (Å²) < 4.78 is 11.1. The number of ether oxygens (including phenoxy) is 2. The Kier molecular flexibility index (Phi) is 7.02. The molecule has 0 aliphatic carbocycles. The van der Waals surface area contributed by atoms with Crippen molar-refractivity contribution < 1.29 is 14.3 Å². The Morgan fingerprint density at radius 2 is 2.10 bits per heavy atom. The molecule has 1 rings (SSSR count). The fraction of sp³-hybridized carbons (Fsp3) is 0.533. The molecule has 0 amide bonds. The van der Waals surface area contributed by atoms with Crippen LogP contribution in [-0.2, 0) is 16.1 Å². The zero-order chi connectivity index (χ0) is 15.1. The molecule has 0 fully saturated rings. The third-order valence-electron chi connectivity index (χ3n) is 3.43. The molecule has 0 radical (unpaired) electrons. The van der Waals surface area contributed by atoms with Crippen LogP contribution in [0.25, 0.3) is 0 Å². The molecule has 0 bridgehead atoms. The number of hydrogen-bond acceptors (Lipinski definition) is 4. The third-order valence-corrected chi connectivity index (χ3v) is 4.21. The second-order valence-electron chi connectivity index (χ2n) is 4.72. The summed E-state index contributed by atoms with van der Waals surface area (Å²) in [6.45, 7) is 4.67. The number of benzene rings is 1. The number of esters is 1. The van der Waals surface area contributed by atoms with E-state index in [2.05, 4.69) is 28.2 Å². The molecule has 5 heteroatoms. The third kappa shape index (κ3) is 4.49. The molecule has 0 spiro atoms. The lowest BCUT2D eigenvalue weighted by molar-refractivity contribution is -0.144. The highest BCUT2D eigenvalue weighted by molar-refractivity contribution is 9.10. The van der Waals surface area contributed by atoms with E-state index in [0.29, 0.717) is 6.54 Å². The predicted octanol–water partition coefficient (Wildman–Crippen LogP) is 3.14. The maximum absolute atomic E-state index is 11.8. The van der Waals surface area contributed by atoms with E-state index in [1.165, 1.54) is 7.11 Å². The van der Waals surface area contributed by atoms with Crippen LogP contribution in [0.1, 0.15) is 25.8 Å². The van der Waals surface area contributed by atoms with Gasteiger partial charge in [0.05, 0.1) is 14.2 Å². The van der Waals surface area contributed by atoms with E-state index in [0.717, 1.165) is 22.2 Å². The zero-order valence-electron chi connectivity index (χ0n) is 12.4. The van der Waals surface area contributed by atoms with E-state index in [1.807, 2.05) is 25.1 Å². The van der Waals surface area contributed by atoms with Crippen molar-refractivity contribution in [2.75, 3.05) is 14.2 Å². The molecule has 0 aliphatic rings. The number of methoxy groups -OCH3 is 2. The molecular weight excluding hydrogens is 322 g/mol. The molecule has 1 N–H and O–H groups in total. The van der Waals surface area contributed by atoms with Gasteiger partial charge in [-0.1, -0.05) is 36.2 Å². The second-order valence-corrected chi connectivity index (χ2v) is 5.58. The normalized spacial score (nSPS) is 13.7. The van der Waals surface area contributed by atoms with Crippen LogP contribution in [0.15, 0.2) is 22.7 Å². The largest absolute Gasteiger partial charge is 0.497 e. The summed E-state index contributed by atoms with van der Waals surface area (Å²) in [5, 5.41) is 3.27. The van der Waals surface area contributed by atoms with Gasteiger partial charge in [-0.25, -0.2) is 0 Å². The van der Waals surface area contributed by atoms with Crippen LogP contribution >= 0.6 is 15.9 Å². The molecule has 20 heavy (non-hydrogen) atoms. The first-order valence-corrected chi connectivity index (χ1v) is 7.46. The Balaban J connectivity index is 2.79. The Morgan fingerprint density at radius 1 is 1.40 bits per heavy atom. The molecule has 0 saturated carbocycles. The summed E-state index contributed by atoms with van der Waals surface area (Å²) in [7, 11) is 3.05. The number of hydrogen-bond donors (Lipinski definition) is 1. The van der Waals surface area contributed by atoms with Gasteiger partial charge in [0, 0.05) is 11.0 Å². The lowest BCUT2D eigenvalue weighted by Gasteiger charge is -2.22. The summed E-state index contributed by atoms with van der Waals surface area (Å²) in [4.78, 5) is 11.8. The molecule has 112 valence electrons. The van der Waals surface area contributed by atoms with E-state index in [9.17, 15) is 4.79 Å². The molecule has 0 aromatic heterocycles. The maximum Gasteiger partial charge on any atom is 0.323 e. The second kappa shape index (κ2) is 8.27. The van der Waals surface area contributed by atoms with Gasteiger partial charge < -0.3 is 14.8 Å². The van der Waals surface area contributed by atoms with Crippen molar-refractivity contribution in [2.45, 2.75) is 32.9 Å². The van der Waals surface area contributed by atoms with Crippen molar-refractivity contribution in [3.8, 4) is 5.75 Å². The Morgan fingerprint density at radius 3 is 2.65 bits per heavy atom. The fourth-order valence-corrected chi connectivity index (χ4v) is 2.30. The average molecular weight is 344 g/mol. The molecule has 0 aliphatic heterocycles. The van der Waals surface area contributed by atoms with Crippen LogP contribution in [0.4, 0.5) is 0 Å². The Hall–Kier alpha value is -1.07. The summed E-state index contributed by atoms with van der Waals surface area (Å²) >= 11 is 3.51. The SMILES string of the molecule is CCC(C)C(NCc1cc(OC)ccc1Br)C(=O)OC. The molecule has 2 atom stereocenters. The first-order valence-electron chi connectivity index (χ1n) is 6.67. The summed E-state index contributed by atoms with van der Waals surface area (Å²) in [6.07, 6.45) is 0.909. The van der Waals surface area contributed by atoms with Gasteiger partial charge in [0.1, 0.15) is 11.8 Å². The highest BCUT2D eigenvalue weighted by atomic mass is 79.9. The Labute approximate surface area is 129 Å². The lowest BCUT2D eigenvalue weighted by Crippen LogP contribution is -2.42. The lowest BCUT2D eigenvalue weighted by atomic mass is 9.99. The summed E-state index contributed by atoms with van der Waals surface area (Å²) in [6, 6.07) is 5.47. The van der Waals surface area contributed by atoms with Crippen molar-refractivity contribution in [2.24, 2.45) is 5.92 Å². The van der Waals surface area contributed by atoms with Gasteiger partial charge in [0.15, 0.2) is 0 Å². The van der Waals surface area contributed by atoms with Crippen LogP contribution in [0.5, 0.6) is 5.75 Å². The first-order chi connectivity index (χ1) is 9.53. The minimum absolute atomic E-state index is 0.215. The number of nitrogens with one attached hydrogen (secondary N) is 1. The van der Waals surface area contributed by atoms with Crippen LogP contribution in [0, 0.1) is 5.92 Å². The molecule has 1 aromatic carbocycles. The zero-order valence-corrected chi connectivity index (χ0v) is 14.0. The van der Waals surface area contributed by atoms with Crippen molar-refractivity contribution in [1.82, 2.24) is 5.32 Å². The minimum Gasteiger partial charge on any atom is -0.497 e. The van der Waals surface area contributed by atoms with Crippen molar-refractivity contribution in [3.63, 3.8) is 0 Å². The van der Waals surface area contributed by atoms with Crippen molar-refractivity contribution >= 4 is 21.9 Å². The van der Waals surface area contributed by atoms with Crippen LogP contribution in [0.3, 0.4) is 0 Å². The van der Waals surface area contributed by atoms with E-state index in [-0.39, 0.29) is 17.9 Å². The summed E-state index contributed by atoms with van der Waals surface area (Å²) in [5.74, 6) is 0.786. The van der Waals surface area contributed by atoms with Crippen LogP contribution < -0.4 is 10.1 Å². The van der Waals surface area contributed by atoms with E-state index >= 15 is 0 Å². The molecule has 4 nitrogen and oxygen atoms in total. The topological polar surface area (TPSA) is 47.6 Å². The Bertz CT molecular complexity index is 451. The molecule has 1 aromatic rings. The van der Waals surface area contributed by atoms with Gasteiger partial charge in [0.2, 0.25) is 0 Å². The summed E-state index contributed by atoms with van der Waals surface area (Å²) in [5.41, 5.74) is 1.04. The quantitative estimate of drug-likeness (QED) is 0.772. The van der Waals surface area contributed by atoms with E-state index in [1.54, 1.807) is 7.11 Å². The first kappa shape index (κ1) is 17.0. The monoisotopic (exact) mass is 343 g/mol. The van der Waals surface area contributed by atoms with Gasteiger partial charge in [-0.15, -0.1) is 0 Å². The maximum atomic E-state index is 11.8. The highest BCUT2D eigenvalue weighted by Gasteiger charge is 2.24. The van der Waals surface area contributed by atoms with E-state index < -0.39 is 0 Å². The smallest absolute Gasteiger partial charge is 0.323 e. The highest BCUT2D eigenvalue weighted by Crippen LogP contribution is 2.23. The van der Waals surface area contributed by atoms with Crippen LogP contribution in [0.2, 0.25) is 0 Å². The van der Waals surface area contributed by atoms with Gasteiger partial charge in [-0.2, -0.15) is 0 Å². The predicted molar refractivity (Wildman–Crippen MR) is 82.8 cm³/mol. The minimum atomic E-state index is -0.303. The molecular formula is C15H22BrNO3. The van der Waals surface area contributed by atoms with Gasteiger partial charge in [-0.05, 0) is 29.7 Å². The molecule has 0 heterocycles. The molecule has 2 unspecified atom stereocenters. The van der Waals surface area contributed by atoms with Crippen LogP contribution in [-0.4, -0.2) is 26.2 Å². The number of carbonyl (C=O) groups is 1. The van der Waals surface area contributed by atoms with Gasteiger partial charge >= 0.3 is 5.97 Å². The van der Waals surface area contributed by atoms with E-state index in [4.69, 9.17) is 9.47 Å². The number of halogens is 1.